The van der Waals surface area contributed by atoms with Gasteiger partial charge in [-0.05, 0) is 32.1 Å². The number of carbonyl (C=O) groups is 1. The van der Waals surface area contributed by atoms with Crippen LogP contribution >= 0.6 is 0 Å². The van der Waals surface area contributed by atoms with Crippen LogP contribution in [-0.4, -0.2) is 29.6 Å². The predicted octanol–water partition coefficient (Wildman–Crippen LogP) is 2.72. The standard InChI is InChI=1S/C12H23NO3/c1-5-11(13-10(4)12(14)15)16-8-6-7-9(2)3/h9,11H,5-8H2,1-4H3,(H,14,15). The highest BCUT2D eigenvalue weighted by atomic mass is 16.5. The van der Waals surface area contributed by atoms with Gasteiger partial charge >= 0.3 is 5.97 Å². The second kappa shape index (κ2) is 8.28. The monoisotopic (exact) mass is 229 g/mol. The van der Waals surface area contributed by atoms with Crippen molar-refractivity contribution in [3.63, 3.8) is 0 Å². The van der Waals surface area contributed by atoms with Crippen LogP contribution in [0.3, 0.4) is 0 Å². The first-order chi connectivity index (χ1) is 7.47. The average Bonchev–Trinajstić information content (AvgIpc) is 2.21. The summed E-state index contributed by atoms with van der Waals surface area (Å²) in [5, 5.41) is 8.68. The van der Waals surface area contributed by atoms with Crippen molar-refractivity contribution in [1.29, 1.82) is 0 Å². The van der Waals surface area contributed by atoms with Crippen molar-refractivity contribution in [2.24, 2.45) is 10.9 Å². The zero-order valence-electron chi connectivity index (χ0n) is 10.7. The molecule has 1 unspecified atom stereocenters. The molecule has 1 atom stereocenters. The summed E-state index contributed by atoms with van der Waals surface area (Å²) in [6.07, 6.45) is 2.50. The first-order valence-corrected chi connectivity index (χ1v) is 5.86. The van der Waals surface area contributed by atoms with Crippen LogP contribution < -0.4 is 0 Å². The van der Waals surface area contributed by atoms with Gasteiger partial charge in [-0.2, -0.15) is 0 Å². The average molecular weight is 229 g/mol. The van der Waals surface area contributed by atoms with E-state index in [1.807, 2.05) is 6.92 Å². The zero-order valence-corrected chi connectivity index (χ0v) is 10.7. The Hall–Kier alpha value is -0.900. The topological polar surface area (TPSA) is 58.9 Å². The fourth-order valence-corrected chi connectivity index (χ4v) is 1.23. The van der Waals surface area contributed by atoms with Crippen molar-refractivity contribution in [1.82, 2.24) is 0 Å². The maximum absolute atomic E-state index is 10.6. The van der Waals surface area contributed by atoms with Crippen LogP contribution in [0.2, 0.25) is 0 Å². The molecule has 4 nitrogen and oxygen atoms in total. The Morgan fingerprint density at radius 3 is 2.50 bits per heavy atom. The molecule has 0 aromatic carbocycles. The number of nitrogens with zero attached hydrogens (tertiary/aromatic N) is 1. The van der Waals surface area contributed by atoms with Gasteiger partial charge in [-0.15, -0.1) is 0 Å². The quantitative estimate of drug-likeness (QED) is 0.514. The Bertz CT molecular complexity index is 236. The molecule has 0 heterocycles. The molecule has 0 bridgehead atoms. The molecule has 0 amide bonds. The number of hydrogen-bond acceptors (Lipinski definition) is 3. The molecule has 94 valence electrons. The van der Waals surface area contributed by atoms with Crippen molar-refractivity contribution < 1.29 is 14.6 Å². The van der Waals surface area contributed by atoms with Gasteiger partial charge in [-0.3, -0.25) is 4.99 Å². The molecule has 0 aliphatic rings. The van der Waals surface area contributed by atoms with Gasteiger partial charge < -0.3 is 9.84 Å². The second-order valence-electron chi connectivity index (χ2n) is 4.29. The van der Waals surface area contributed by atoms with Crippen LogP contribution in [-0.2, 0) is 9.53 Å². The first kappa shape index (κ1) is 15.1. The highest BCUT2D eigenvalue weighted by Crippen LogP contribution is 2.06. The SMILES string of the molecule is CCC(N=C(C)C(=O)O)OCCCC(C)C. The number of carboxylic acids is 1. The summed E-state index contributed by atoms with van der Waals surface area (Å²) in [6, 6.07) is 0. The third-order valence-corrected chi connectivity index (χ3v) is 2.23. The van der Waals surface area contributed by atoms with Gasteiger partial charge in [-0.1, -0.05) is 20.8 Å². The van der Waals surface area contributed by atoms with Gasteiger partial charge in [0.25, 0.3) is 0 Å². The van der Waals surface area contributed by atoms with Crippen LogP contribution in [0.1, 0.15) is 47.0 Å². The normalized spacial score (nSPS) is 14.2. The summed E-state index contributed by atoms with van der Waals surface area (Å²) >= 11 is 0. The van der Waals surface area contributed by atoms with E-state index in [4.69, 9.17) is 9.84 Å². The van der Waals surface area contributed by atoms with E-state index in [9.17, 15) is 4.79 Å². The van der Waals surface area contributed by atoms with E-state index >= 15 is 0 Å². The Labute approximate surface area is 97.7 Å². The van der Waals surface area contributed by atoms with E-state index in [0.29, 0.717) is 18.9 Å². The van der Waals surface area contributed by atoms with Crippen LogP contribution in [0.4, 0.5) is 0 Å². The Morgan fingerprint density at radius 2 is 2.06 bits per heavy atom. The molecule has 0 spiro atoms. The van der Waals surface area contributed by atoms with Gasteiger partial charge in [0.05, 0.1) is 0 Å². The number of aliphatic imine (C=N–C) groups is 1. The van der Waals surface area contributed by atoms with Gasteiger partial charge in [-0.25, -0.2) is 4.79 Å². The molecule has 0 rings (SSSR count). The molecule has 1 N–H and O–H groups in total. The highest BCUT2D eigenvalue weighted by Gasteiger charge is 2.08. The van der Waals surface area contributed by atoms with Gasteiger partial charge in [0.2, 0.25) is 0 Å². The number of rotatable bonds is 8. The van der Waals surface area contributed by atoms with E-state index in [2.05, 4.69) is 18.8 Å². The van der Waals surface area contributed by atoms with Crippen LogP contribution in [0.5, 0.6) is 0 Å². The summed E-state index contributed by atoms with van der Waals surface area (Å²) in [6.45, 7) is 8.41. The molecule has 0 radical (unpaired) electrons. The van der Waals surface area contributed by atoms with Gasteiger partial charge in [0.1, 0.15) is 11.9 Å². The molecule has 0 aliphatic heterocycles. The number of ether oxygens (including phenoxy) is 1. The molecule has 0 aromatic heterocycles. The lowest BCUT2D eigenvalue weighted by Crippen LogP contribution is -2.16. The van der Waals surface area contributed by atoms with Crippen molar-refractivity contribution in [3.05, 3.63) is 0 Å². The van der Waals surface area contributed by atoms with Gasteiger partial charge in [0, 0.05) is 6.61 Å². The van der Waals surface area contributed by atoms with Gasteiger partial charge in [0.15, 0.2) is 0 Å². The molecule has 0 aliphatic carbocycles. The number of aliphatic carboxylic acids is 1. The maximum Gasteiger partial charge on any atom is 0.349 e. The Kier molecular flexibility index (Phi) is 7.81. The number of hydrogen-bond donors (Lipinski definition) is 1. The molecular formula is C12H23NO3. The summed E-state index contributed by atoms with van der Waals surface area (Å²) in [5.41, 5.74) is 0.107. The molecule has 0 saturated carbocycles. The van der Waals surface area contributed by atoms with Crippen molar-refractivity contribution >= 4 is 11.7 Å². The summed E-state index contributed by atoms with van der Waals surface area (Å²) in [7, 11) is 0. The van der Waals surface area contributed by atoms with Crippen LogP contribution in [0.25, 0.3) is 0 Å². The number of carboxylic acid groups (broad SMARTS) is 1. The van der Waals surface area contributed by atoms with E-state index in [-0.39, 0.29) is 11.9 Å². The molecule has 0 fully saturated rings. The molecule has 0 aromatic rings. The molecular weight excluding hydrogens is 206 g/mol. The Balaban J connectivity index is 3.93. The highest BCUT2D eigenvalue weighted by molar-refractivity contribution is 6.34. The van der Waals surface area contributed by atoms with E-state index < -0.39 is 5.97 Å². The van der Waals surface area contributed by atoms with Crippen LogP contribution in [0, 0.1) is 5.92 Å². The summed E-state index contributed by atoms with van der Waals surface area (Å²) in [5.74, 6) is -0.308. The fraction of sp³-hybridized carbons (Fsp3) is 0.833. The third-order valence-electron chi connectivity index (χ3n) is 2.23. The lowest BCUT2D eigenvalue weighted by atomic mass is 10.1. The van der Waals surface area contributed by atoms with E-state index in [1.54, 1.807) is 0 Å². The summed E-state index contributed by atoms with van der Waals surface area (Å²) in [4.78, 5) is 14.6. The lowest BCUT2D eigenvalue weighted by molar-refractivity contribution is -0.129. The first-order valence-electron chi connectivity index (χ1n) is 5.86. The molecule has 0 saturated heterocycles. The minimum absolute atomic E-state index is 0.107. The van der Waals surface area contributed by atoms with E-state index in [0.717, 1.165) is 12.8 Å². The minimum atomic E-state index is -0.982. The largest absolute Gasteiger partial charge is 0.477 e. The van der Waals surface area contributed by atoms with E-state index in [1.165, 1.54) is 6.92 Å². The minimum Gasteiger partial charge on any atom is -0.477 e. The summed E-state index contributed by atoms with van der Waals surface area (Å²) < 4.78 is 5.51. The van der Waals surface area contributed by atoms with Crippen molar-refractivity contribution in [2.45, 2.75) is 53.2 Å². The zero-order chi connectivity index (χ0) is 12.6. The fourth-order valence-electron chi connectivity index (χ4n) is 1.23. The van der Waals surface area contributed by atoms with Crippen molar-refractivity contribution in [3.8, 4) is 0 Å². The Morgan fingerprint density at radius 1 is 1.44 bits per heavy atom. The molecule has 4 heteroatoms. The van der Waals surface area contributed by atoms with Crippen LogP contribution in [0.15, 0.2) is 4.99 Å². The third kappa shape index (κ3) is 7.40. The second-order valence-corrected chi connectivity index (χ2v) is 4.29. The maximum atomic E-state index is 10.6. The smallest absolute Gasteiger partial charge is 0.349 e. The van der Waals surface area contributed by atoms with Crippen molar-refractivity contribution in [2.75, 3.05) is 6.61 Å². The predicted molar refractivity (Wildman–Crippen MR) is 64.8 cm³/mol. The molecule has 16 heavy (non-hydrogen) atoms. The lowest BCUT2D eigenvalue weighted by Gasteiger charge is -2.12.